The highest BCUT2D eigenvalue weighted by atomic mass is 32.2. The second-order valence-corrected chi connectivity index (χ2v) is 16.4. The van der Waals surface area contributed by atoms with Crippen molar-refractivity contribution in [2.45, 2.75) is 54.1 Å². The van der Waals surface area contributed by atoms with Crippen LogP contribution in [0.2, 0.25) is 0 Å². The predicted octanol–water partition coefficient (Wildman–Crippen LogP) is 10.9. The molecular weight excluding hydrogens is 653 g/mol. The molecule has 10 rings (SSSR count). The molecular formula is C47H38BNO2S. The monoisotopic (exact) mass is 691 g/mol. The quantitative estimate of drug-likeness (QED) is 0.148. The van der Waals surface area contributed by atoms with Gasteiger partial charge in [-0.1, -0.05) is 133 Å². The molecule has 0 amide bonds. The predicted molar refractivity (Wildman–Crippen MR) is 216 cm³/mol. The summed E-state index contributed by atoms with van der Waals surface area (Å²) in [4.78, 5) is 2.56. The molecule has 0 aromatic heterocycles. The number of benzene rings is 7. The Hall–Kier alpha value is -5.07. The number of hydrogen-bond donors (Lipinski definition) is 1. The Morgan fingerprint density at radius 2 is 1.06 bits per heavy atom. The first kappa shape index (κ1) is 31.7. The number of nitrogens with two attached hydrogens (primary N) is 1. The van der Waals surface area contributed by atoms with Crippen LogP contribution in [0.3, 0.4) is 0 Å². The molecule has 7 aromatic carbocycles. The highest BCUT2D eigenvalue weighted by Gasteiger charge is 2.54. The lowest BCUT2D eigenvalue weighted by atomic mass is 9.66. The lowest BCUT2D eigenvalue weighted by Crippen LogP contribution is -2.41. The molecule has 252 valence electrons. The molecule has 3 aliphatic rings. The van der Waals surface area contributed by atoms with E-state index in [2.05, 4.69) is 161 Å². The fourth-order valence-corrected chi connectivity index (χ4v) is 9.96. The van der Waals surface area contributed by atoms with Gasteiger partial charge in [0.2, 0.25) is 0 Å². The van der Waals surface area contributed by atoms with E-state index in [1.54, 1.807) is 0 Å². The van der Waals surface area contributed by atoms with Crippen molar-refractivity contribution in [3.63, 3.8) is 0 Å². The van der Waals surface area contributed by atoms with Crippen molar-refractivity contribution in [1.82, 2.24) is 0 Å². The van der Waals surface area contributed by atoms with E-state index in [0.29, 0.717) is 0 Å². The Morgan fingerprint density at radius 3 is 1.73 bits per heavy atom. The molecule has 0 saturated carbocycles. The molecule has 0 atom stereocenters. The Kier molecular flexibility index (Phi) is 6.83. The van der Waals surface area contributed by atoms with Gasteiger partial charge >= 0.3 is 7.12 Å². The average Bonchev–Trinajstić information content (AvgIpc) is 3.57. The van der Waals surface area contributed by atoms with Crippen molar-refractivity contribution in [3.8, 4) is 33.4 Å². The first-order valence-electron chi connectivity index (χ1n) is 18.1. The van der Waals surface area contributed by atoms with E-state index in [-0.39, 0.29) is 0 Å². The SMILES string of the molecule is CC1(C)OB(c2ccc3c(c2)C2(c4ccccc4Sc4ccccc42)c2cccc(-c4ccc(-c5ccc(N)cc5)c5ccccc45)c2-3)OC1(C)C. The second-order valence-electron chi connectivity index (χ2n) is 15.3. The van der Waals surface area contributed by atoms with Gasteiger partial charge in [0, 0.05) is 15.5 Å². The third-order valence-corrected chi connectivity index (χ3v) is 13.1. The third-order valence-electron chi connectivity index (χ3n) is 11.9. The summed E-state index contributed by atoms with van der Waals surface area (Å²) in [5.74, 6) is 0. The molecule has 1 fully saturated rings. The molecule has 7 aromatic rings. The van der Waals surface area contributed by atoms with E-state index in [1.807, 2.05) is 23.9 Å². The van der Waals surface area contributed by atoms with Crippen LogP contribution in [0.25, 0.3) is 44.2 Å². The van der Waals surface area contributed by atoms with Crippen LogP contribution in [-0.4, -0.2) is 18.3 Å². The summed E-state index contributed by atoms with van der Waals surface area (Å²) in [5, 5.41) is 2.44. The van der Waals surface area contributed by atoms with Gasteiger partial charge in [-0.2, -0.15) is 0 Å². The fraction of sp³-hybridized carbons (Fsp3) is 0.149. The maximum atomic E-state index is 6.66. The molecule has 5 heteroatoms. The molecule has 0 radical (unpaired) electrons. The smallest absolute Gasteiger partial charge is 0.399 e. The van der Waals surface area contributed by atoms with Gasteiger partial charge in [-0.05, 0) is 124 Å². The highest BCUT2D eigenvalue weighted by molar-refractivity contribution is 7.99. The minimum absolute atomic E-state index is 0.440. The minimum atomic E-state index is -0.529. The van der Waals surface area contributed by atoms with Gasteiger partial charge in [0.05, 0.1) is 16.6 Å². The molecule has 1 aliphatic carbocycles. The number of hydrogen-bond acceptors (Lipinski definition) is 4. The zero-order chi connectivity index (χ0) is 35.4. The molecule has 1 spiro atoms. The van der Waals surface area contributed by atoms with Crippen LogP contribution in [-0.2, 0) is 14.7 Å². The van der Waals surface area contributed by atoms with Gasteiger partial charge in [-0.3, -0.25) is 0 Å². The van der Waals surface area contributed by atoms with Crippen molar-refractivity contribution >= 4 is 40.8 Å². The lowest BCUT2D eigenvalue weighted by molar-refractivity contribution is 0.00578. The summed E-state index contributed by atoms with van der Waals surface area (Å²) in [7, 11) is -0.469. The van der Waals surface area contributed by atoms with E-state index >= 15 is 0 Å². The first-order valence-corrected chi connectivity index (χ1v) is 18.9. The van der Waals surface area contributed by atoms with E-state index in [1.165, 1.54) is 70.6 Å². The summed E-state index contributed by atoms with van der Waals surface area (Å²) < 4.78 is 13.3. The lowest BCUT2D eigenvalue weighted by Gasteiger charge is -2.39. The summed E-state index contributed by atoms with van der Waals surface area (Å²) >= 11 is 1.87. The Bertz CT molecular complexity index is 2530. The minimum Gasteiger partial charge on any atom is -0.399 e. The largest absolute Gasteiger partial charge is 0.494 e. The summed E-state index contributed by atoms with van der Waals surface area (Å²) in [6.45, 7) is 8.49. The van der Waals surface area contributed by atoms with Crippen molar-refractivity contribution < 1.29 is 9.31 Å². The topological polar surface area (TPSA) is 44.5 Å². The Balaban J connectivity index is 1.27. The second kappa shape index (κ2) is 11.2. The van der Waals surface area contributed by atoms with E-state index < -0.39 is 23.7 Å². The number of rotatable bonds is 3. The summed E-state index contributed by atoms with van der Waals surface area (Å²) in [6, 6.07) is 53.4. The Labute approximate surface area is 310 Å². The molecule has 0 bridgehead atoms. The van der Waals surface area contributed by atoms with E-state index in [4.69, 9.17) is 15.0 Å². The van der Waals surface area contributed by atoms with Crippen molar-refractivity contribution in [2.24, 2.45) is 0 Å². The van der Waals surface area contributed by atoms with Crippen molar-refractivity contribution in [2.75, 3.05) is 5.73 Å². The number of anilines is 1. The van der Waals surface area contributed by atoms with Crippen LogP contribution in [0.1, 0.15) is 49.9 Å². The molecule has 2 aliphatic heterocycles. The molecule has 1 saturated heterocycles. The van der Waals surface area contributed by atoms with Crippen LogP contribution in [0.15, 0.2) is 155 Å². The first-order chi connectivity index (χ1) is 25.2. The molecule has 0 unspecified atom stereocenters. The average molecular weight is 692 g/mol. The Morgan fingerprint density at radius 1 is 0.500 bits per heavy atom. The third kappa shape index (κ3) is 4.37. The standard InChI is InChI=1S/C47H38BNO2S/c1-45(2)46(3,4)51-48(50-45)30-22-25-37-41(28-30)47(38-15-7-9-18-42(38)52-43-19-10-8-16-39(43)47)40-17-11-14-36(44(37)40)35-27-26-32(29-20-23-31(49)24-21-29)33-12-5-6-13-34(33)35/h5-28H,49H2,1-4H3. The number of nitrogen functional groups attached to an aromatic ring is 1. The van der Waals surface area contributed by atoms with Gasteiger partial charge < -0.3 is 15.0 Å². The van der Waals surface area contributed by atoms with E-state index in [0.717, 1.165) is 16.7 Å². The normalized spacial score (nSPS) is 17.1. The van der Waals surface area contributed by atoms with Crippen LogP contribution < -0.4 is 11.2 Å². The van der Waals surface area contributed by atoms with Crippen molar-refractivity contribution in [1.29, 1.82) is 0 Å². The van der Waals surface area contributed by atoms with Gasteiger partial charge in [0.1, 0.15) is 0 Å². The molecule has 52 heavy (non-hydrogen) atoms. The number of fused-ring (bicyclic) bond motifs is 10. The maximum absolute atomic E-state index is 6.66. The maximum Gasteiger partial charge on any atom is 0.494 e. The zero-order valence-electron chi connectivity index (χ0n) is 29.7. The van der Waals surface area contributed by atoms with Crippen LogP contribution >= 0.6 is 11.8 Å². The van der Waals surface area contributed by atoms with Crippen LogP contribution in [0.4, 0.5) is 5.69 Å². The molecule has 2 N–H and O–H groups in total. The summed E-state index contributed by atoms with van der Waals surface area (Å²) in [5.41, 5.74) is 19.0. The highest BCUT2D eigenvalue weighted by Crippen LogP contribution is 2.63. The van der Waals surface area contributed by atoms with Gasteiger partial charge in [-0.15, -0.1) is 0 Å². The van der Waals surface area contributed by atoms with Gasteiger partial charge in [0.15, 0.2) is 0 Å². The van der Waals surface area contributed by atoms with Crippen molar-refractivity contribution in [3.05, 3.63) is 168 Å². The van der Waals surface area contributed by atoms with Gasteiger partial charge in [0.25, 0.3) is 0 Å². The molecule has 3 nitrogen and oxygen atoms in total. The fourth-order valence-electron chi connectivity index (χ4n) is 8.76. The van der Waals surface area contributed by atoms with Crippen LogP contribution in [0.5, 0.6) is 0 Å². The zero-order valence-corrected chi connectivity index (χ0v) is 30.6. The van der Waals surface area contributed by atoms with E-state index in [9.17, 15) is 0 Å². The van der Waals surface area contributed by atoms with Gasteiger partial charge in [-0.25, -0.2) is 0 Å². The van der Waals surface area contributed by atoms with Crippen LogP contribution in [0, 0.1) is 0 Å². The molecule has 2 heterocycles. The summed E-state index contributed by atoms with van der Waals surface area (Å²) in [6.07, 6.45) is 0.